The molecule has 92 valence electrons. The molecule has 0 aromatic rings. The van der Waals surface area contributed by atoms with Gasteiger partial charge in [0, 0.05) is 25.0 Å². The van der Waals surface area contributed by atoms with Gasteiger partial charge in [0.1, 0.15) is 0 Å². The molecule has 0 aromatic heterocycles. The number of hydrogen-bond acceptors (Lipinski definition) is 2. The van der Waals surface area contributed by atoms with Crippen LogP contribution < -0.4 is 5.32 Å². The highest BCUT2D eigenvalue weighted by molar-refractivity contribution is 5.79. The number of carbonyl (C=O) groups is 1. The molecule has 1 N–H and O–H groups in total. The number of nitrogens with one attached hydrogen (secondary N) is 1. The number of hydrogen-bond donors (Lipinski definition) is 1. The van der Waals surface area contributed by atoms with Gasteiger partial charge in [-0.25, -0.2) is 0 Å². The van der Waals surface area contributed by atoms with Gasteiger partial charge in [0.15, 0.2) is 0 Å². The van der Waals surface area contributed by atoms with E-state index in [0.29, 0.717) is 17.9 Å². The van der Waals surface area contributed by atoms with Crippen LogP contribution in [0, 0.1) is 5.92 Å². The van der Waals surface area contributed by atoms with E-state index >= 15 is 0 Å². The lowest BCUT2D eigenvalue weighted by molar-refractivity contribution is -0.135. The molecule has 16 heavy (non-hydrogen) atoms. The Kier molecular flexibility index (Phi) is 4.22. The van der Waals surface area contributed by atoms with Crippen LogP contribution >= 0.6 is 0 Å². The predicted molar refractivity (Wildman–Crippen MR) is 65.2 cm³/mol. The minimum absolute atomic E-state index is 0.342. The fourth-order valence-corrected chi connectivity index (χ4v) is 3.02. The van der Waals surface area contributed by atoms with Gasteiger partial charge >= 0.3 is 0 Å². The molecule has 2 fully saturated rings. The third-order valence-electron chi connectivity index (χ3n) is 3.95. The van der Waals surface area contributed by atoms with Crippen LogP contribution in [-0.2, 0) is 4.79 Å². The highest BCUT2D eigenvalue weighted by Crippen LogP contribution is 2.26. The summed E-state index contributed by atoms with van der Waals surface area (Å²) in [7, 11) is 0. The maximum absolute atomic E-state index is 12.2. The van der Waals surface area contributed by atoms with Crippen molar-refractivity contribution in [1.29, 1.82) is 0 Å². The molecule has 1 heterocycles. The van der Waals surface area contributed by atoms with Gasteiger partial charge < -0.3 is 10.2 Å². The number of likely N-dealkylation sites (N-methyl/N-ethyl adjacent to an activating group) is 1. The number of likely N-dealkylation sites (tertiary alicyclic amines) is 1. The zero-order valence-electron chi connectivity index (χ0n) is 10.4. The third-order valence-corrected chi connectivity index (χ3v) is 3.95. The summed E-state index contributed by atoms with van der Waals surface area (Å²) in [6, 6.07) is 0.539. The van der Waals surface area contributed by atoms with E-state index in [1.54, 1.807) is 0 Å². The summed E-state index contributed by atoms with van der Waals surface area (Å²) >= 11 is 0. The molecule has 0 aromatic carbocycles. The minimum Gasteiger partial charge on any atom is -0.341 e. The van der Waals surface area contributed by atoms with Crippen molar-refractivity contribution in [2.75, 3.05) is 19.6 Å². The quantitative estimate of drug-likeness (QED) is 0.792. The molecule has 1 unspecified atom stereocenters. The topological polar surface area (TPSA) is 32.3 Å². The van der Waals surface area contributed by atoms with Crippen LogP contribution in [-0.4, -0.2) is 36.5 Å². The van der Waals surface area contributed by atoms with E-state index in [0.717, 1.165) is 38.9 Å². The van der Waals surface area contributed by atoms with Crippen LogP contribution in [0.2, 0.25) is 0 Å². The zero-order valence-corrected chi connectivity index (χ0v) is 10.4. The minimum atomic E-state index is 0.342. The third kappa shape index (κ3) is 2.76. The number of carbonyl (C=O) groups excluding carboxylic acids is 1. The van der Waals surface area contributed by atoms with Gasteiger partial charge in [-0.15, -0.1) is 0 Å². The van der Waals surface area contributed by atoms with E-state index in [2.05, 4.69) is 17.1 Å². The van der Waals surface area contributed by atoms with E-state index in [4.69, 9.17) is 0 Å². The van der Waals surface area contributed by atoms with Crippen molar-refractivity contribution in [3.8, 4) is 0 Å². The summed E-state index contributed by atoms with van der Waals surface area (Å²) in [6.07, 6.45) is 7.21. The molecular formula is C13H24N2O. The number of nitrogens with zero attached hydrogens (tertiary/aromatic N) is 1. The summed E-state index contributed by atoms with van der Waals surface area (Å²) in [5, 5.41) is 3.44. The van der Waals surface area contributed by atoms with Gasteiger partial charge in [0.2, 0.25) is 5.91 Å². The standard InChI is InChI=1S/C13H24N2O/c1-2-14-12-8-9-15(10-12)13(16)11-6-4-3-5-7-11/h11-12,14H,2-10H2,1H3. The lowest BCUT2D eigenvalue weighted by Crippen LogP contribution is -2.38. The molecule has 3 nitrogen and oxygen atoms in total. The Labute approximate surface area is 98.6 Å². The lowest BCUT2D eigenvalue weighted by atomic mass is 9.88. The molecule has 2 aliphatic rings. The van der Waals surface area contributed by atoms with Crippen molar-refractivity contribution in [3.63, 3.8) is 0 Å². The Hall–Kier alpha value is -0.570. The van der Waals surface area contributed by atoms with Crippen molar-refractivity contribution < 1.29 is 4.79 Å². The van der Waals surface area contributed by atoms with Gasteiger partial charge in [-0.2, -0.15) is 0 Å². The fraction of sp³-hybridized carbons (Fsp3) is 0.923. The molecule has 0 spiro atoms. The first-order valence-electron chi connectivity index (χ1n) is 6.83. The van der Waals surface area contributed by atoms with Crippen molar-refractivity contribution >= 4 is 5.91 Å². The maximum atomic E-state index is 12.2. The summed E-state index contributed by atoms with van der Waals surface area (Å²) in [4.78, 5) is 14.3. The molecule has 2 rings (SSSR count). The smallest absolute Gasteiger partial charge is 0.225 e. The summed E-state index contributed by atoms with van der Waals surface area (Å²) < 4.78 is 0. The Bertz CT molecular complexity index is 236. The average Bonchev–Trinajstić information content (AvgIpc) is 2.78. The van der Waals surface area contributed by atoms with Gasteiger partial charge in [-0.1, -0.05) is 26.2 Å². The van der Waals surface area contributed by atoms with E-state index in [9.17, 15) is 4.79 Å². The Morgan fingerprint density at radius 3 is 2.69 bits per heavy atom. The molecule has 3 heteroatoms. The first-order valence-corrected chi connectivity index (χ1v) is 6.83. The largest absolute Gasteiger partial charge is 0.341 e. The van der Waals surface area contributed by atoms with Crippen LogP contribution in [0.25, 0.3) is 0 Å². The molecule has 1 aliphatic carbocycles. The van der Waals surface area contributed by atoms with Gasteiger partial charge in [0.25, 0.3) is 0 Å². The fourth-order valence-electron chi connectivity index (χ4n) is 3.02. The van der Waals surface area contributed by atoms with E-state index in [1.807, 2.05) is 0 Å². The SMILES string of the molecule is CCNC1CCN(C(=O)C2CCCCC2)C1. The van der Waals surface area contributed by atoms with Crippen molar-refractivity contribution in [1.82, 2.24) is 10.2 Å². The Morgan fingerprint density at radius 2 is 2.00 bits per heavy atom. The maximum Gasteiger partial charge on any atom is 0.225 e. The van der Waals surface area contributed by atoms with Crippen molar-refractivity contribution in [3.05, 3.63) is 0 Å². The highest BCUT2D eigenvalue weighted by atomic mass is 16.2. The Balaban J connectivity index is 1.81. The summed E-state index contributed by atoms with van der Waals surface area (Å²) in [5.74, 6) is 0.772. The molecule has 1 atom stereocenters. The second-order valence-corrected chi connectivity index (χ2v) is 5.16. The van der Waals surface area contributed by atoms with E-state index < -0.39 is 0 Å². The predicted octanol–water partition coefficient (Wildman–Crippen LogP) is 1.78. The van der Waals surface area contributed by atoms with Crippen LogP contribution in [0.1, 0.15) is 45.4 Å². The summed E-state index contributed by atoms with van der Waals surface area (Å²) in [5.41, 5.74) is 0. The Morgan fingerprint density at radius 1 is 1.25 bits per heavy atom. The second-order valence-electron chi connectivity index (χ2n) is 5.16. The molecule has 1 aliphatic heterocycles. The molecule has 0 radical (unpaired) electrons. The van der Waals surface area contributed by atoms with Gasteiger partial charge in [0.05, 0.1) is 0 Å². The van der Waals surface area contributed by atoms with Crippen molar-refractivity contribution in [2.45, 2.75) is 51.5 Å². The monoisotopic (exact) mass is 224 g/mol. The van der Waals surface area contributed by atoms with E-state index in [1.165, 1.54) is 19.3 Å². The lowest BCUT2D eigenvalue weighted by Gasteiger charge is -2.26. The van der Waals surface area contributed by atoms with Gasteiger partial charge in [-0.05, 0) is 25.8 Å². The van der Waals surface area contributed by atoms with E-state index in [-0.39, 0.29) is 0 Å². The van der Waals surface area contributed by atoms with Crippen LogP contribution in [0.15, 0.2) is 0 Å². The number of amides is 1. The molecular weight excluding hydrogens is 200 g/mol. The molecule has 0 bridgehead atoms. The molecule has 1 saturated carbocycles. The molecule has 1 amide bonds. The van der Waals surface area contributed by atoms with Crippen LogP contribution in [0.5, 0.6) is 0 Å². The first kappa shape index (κ1) is 11.9. The molecule has 1 saturated heterocycles. The van der Waals surface area contributed by atoms with Crippen LogP contribution in [0.4, 0.5) is 0 Å². The highest BCUT2D eigenvalue weighted by Gasteiger charge is 2.30. The average molecular weight is 224 g/mol. The number of rotatable bonds is 3. The van der Waals surface area contributed by atoms with Crippen LogP contribution in [0.3, 0.4) is 0 Å². The summed E-state index contributed by atoms with van der Waals surface area (Å²) in [6.45, 7) is 5.04. The zero-order chi connectivity index (χ0) is 11.4. The first-order chi connectivity index (χ1) is 7.81. The normalized spacial score (nSPS) is 27.3. The second kappa shape index (κ2) is 5.67. The van der Waals surface area contributed by atoms with Crippen molar-refractivity contribution in [2.24, 2.45) is 5.92 Å². The van der Waals surface area contributed by atoms with Gasteiger partial charge in [-0.3, -0.25) is 4.79 Å².